The van der Waals surface area contributed by atoms with Crippen molar-refractivity contribution in [3.05, 3.63) is 32.3 Å². The fourth-order valence-electron chi connectivity index (χ4n) is 2.72. The van der Waals surface area contributed by atoms with E-state index >= 15 is 0 Å². The third-order valence-corrected chi connectivity index (χ3v) is 4.69. The van der Waals surface area contributed by atoms with Gasteiger partial charge in [0.15, 0.2) is 0 Å². The van der Waals surface area contributed by atoms with Gasteiger partial charge in [-0.15, -0.1) is 0 Å². The van der Waals surface area contributed by atoms with Crippen molar-refractivity contribution in [2.45, 2.75) is 31.7 Å². The minimum atomic E-state index is -0.453. The summed E-state index contributed by atoms with van der Waals surface area (Å²) in [5, 5.41) is 14.6. The lowest BCUT2D eigenvalue weighted by Gasteiger charge is -2.24. The summed E-state index contributed by atoms with van der Waals surface area (Å²) < 4.78 is 0. The van der Waals surface area contributed by atoms with Crippen LogP contribution >= 0.6 is 23.2 Å². The molecule has 1 fully saturated rings. The SMILES string of the molecule is CN(CCNc1cc(Cl)c(Cl)cc1[N+](=O)[O-])C1CCCC1. The number of hydrogen-bond donors (Lipinski definition) is 1. The number of benzene rings is 1. The average Bonchev–Trinajstić information content (AvgIpc) is 2.96. The number of anilines is 1. The lowest BCUT2D eigenvalue weighted by molar-refractivity contribution is -0.383. The monoisotopic (exact) mass is 331 g/mol. The second kappa shape index (κ2) is 7.29. The van der Waals surface area contributed by atoms with E-state index < -0.39 is 4.92 Å². The van der Waals surface area contributed by atoms with Crippen LogP contribution in [0.3, 0.4) is 0 Å². The van der Waals surface area contributed by atoms with Gasteiger partial charge >= 0.3 is 0 Å². The third kappa shape index (κ3) is 4.22. The molecular formula is C14H19Cl2N3O2. The Morgan fingerprint density at radius 2 is 1.95 bits per heavy atom. The molecule has 5 nitrogen and oxygen atoms in total. The highest BCUT2D eigenvalue weighted by Gasteiger charge is 2.20. The largest absolute Gasteiger partial charge is 0.378 e. The van der Waals surface area contributed by atoms with Crippen LogP contribution in [0, 0.1) is 10.1 Å². The van der Waals surface area contributed by atoms with Crippen LogP contribution < -0.4 is 5.32 Å². The molecule has 1 aromatic carbocycles. The zero-order valence-electron chi connectivity index (χ0n) is 11.9. The summed E-state index contributed by atoms with van der Waals surface area (Å²) in [4.78, 5) is 12.9. The fraction of sp³-hybridized carbons (Fsp3) is 0.571. The van der Waals surface area contributed by atoms with E-state index in [-0.39, 0.29) is 10.7 Å². The van der Waals surface area contributed by atoms with Gasteiger partial charge in [-0.1, -0.05) is 36.0 Å². The molecule has 0 aliphatic heterocycles. The minimum Gasteiger partial charge on any atom is -0.378 e. The van der Waals surface area contributed by atoms with E-state index in [2.05, 4.69) is 17.3 Å². The van der Waals surface area contributed by atoms with Crippen molar-refractivity contribution in [3.63, 3.8) is 0 Å². The van der Waals surface area contributed by atoms with Crippen LogP contribution in [-0.4, -0.2) is 36.0 Å². The lowest BCUT2D eigenvalue weighted by Crippen LogP contribution is -2.33. The molecule has 7 heteroatoms. The number of nitrogens with zero attached hydrogens (tertiary/aromatic N) is 2. The maximum absolute atomic E-state index is 11.0. The first-order chi connectivity index (χ1) is 9.99. The highest BCUT2D eigenvalue weighted by Crippen LogP contribution is 2.33. The Morgan fingerprint density at radius 3 is 2.57 bits per heavy atom. The third-order valence-electron chi connectivity index (χ3n) is 3.96. The molecule has 1 aromatic rings. The quantitative estimate of drug-likeness (QED) is 0.627. The zero-order chi connectivity index (χ0) is 15.4. The van der Waals surface area contributed by atoms with Gasteiger partial charge in [0, 0.05) is 25.2 Å². The molecule has 1 aliphatic carbocycles. The molecule has 0 saturated heterocycles. The number of nitro groups is 1. The highest BCUT2D eigenvalue weighted by molar-refractivity contribution is 6.42. The van der Waals surface area contributed by atoms with E-state index in [0.29, 0.717) is 23.3 Å². The molecule has 116 valence electrons. The molecule has 0 spiro atoms. The van der Waals surface area contributed by atoms with Crippen molar-refractivity contribution < 1.29 is 4.92 Å². The Morgan fingerprint density at radius 1 is 1.33 bits per heavy atom. The summed E-state index contributed by atoms with van der Waals surface area (Å²) in [6.45, 7) is 1.47. The van der Waals surface area contributed by atoms with Crippen molar-refractivity contribution in [2.75, 3.05) is 25.5 Å². The van der Waals surface area contributed by atoms with Crippen LogP contribution in [0.4, 0.5) is 11.4 Å². The van der Waals surface area contributed by atoms with Crippen LogP contribution in [0.2, 0.25) is 10.0 Å². The maximum atomic E-state index is 11.0. The second-order valence-electron chi connectivity index (χ2n) is 5.39. The topological polar surface area (TPSA) is 58.4 Å². The molecule has 2 rings (SSSR count). The zero-order valence-corrected chi connectivity index (χ0v) is 13.5. The van der Waals surface area contributed by atoms with Crippen molar-refractivity contribution >= 4 is 34.6 Å². The van der Waals surface area contributed by atoms with Crippen LogP contribution in [0.1, 0.15) is 25.7 Å². The lowest BCUT2D eigenvalue weighted by atomic mass is 10.2. The number of halogens is 2. The van der Waals surface area contributed by atoms with Crippen LogP contribution in [0.25, 0.3) is 0 Å². The van der Waals surface area contributed by atoms with Gasteiger partial charge in [-0.3, -0.25) is 10.1 Å². The van der Waals surface area contributed by atoms with Crippen molar-refractivity contribution in [2.24, 2.45) is 0 Å². The number of hydrogen-bond acceptors (Lipinski definition) is 4. The Bertz CT molecular complexity index is 519. The number of nitro benzene ring substituents is 1. The summed E-state index contributed by atoms with van der Waals surface area (Å²) in [6.07, 6.45) is 5.06. The fourth-order valence-corrected chi connectivity index (χ4v) is 3.05. The summed E-state index contributed by atoms with van der Waals surface area (Å²) in [5.74, 6) is 0. The van der Waals surface area contributed by atoms with Gasteiger partial charge in [0.2, 0.25) is 0 Å². The summed E-state index contributed by atoms with van der Waals surface area (Å²) in [6, 6.07) is 3.43. The normalized spacial score (nSPS) is 15.6. The second-order valence-corrected chi connectivity index (χ2v) is 6.20. The molecule has 0 heterocycles. The van der Waals surface area contributed by atoms with Gasteiger partial charge in [0.25, 0.3) is 5.69 Å². The van der Waals surface area contributed by atoms with Crippen molar-refractivity contribution in [1.29, 1.82) is 0 Å². The van der Waals surface area contributed by atoms with E-state index in [1.54, 1.807) is 0 Å². The van der Waals surface area contributed by atoms with Gasteiger partial charge in [0.1, 0.15) is 5.69 Å². The first kappa shape index (κ1) is 16.3. The van der Waals surface area contributed by atoms with Gasteiger partial charge in [0.05, 0.1) is 15.0 Å². The molecular weight excluding hydrogens is 313 g/mol. The molecule has 21 heavy (non-hydrogen) atoms. The molecule has 1 saturated carbocycles. The van der Waals surface area contributed by atoms with Crippen LogP contribution in [0.5, 0.6) is 0 Å². The smallest absolute Gasteiger partial charge is 0.293 e. The highest BCUT2D eigenvalue weighted by atomic mass is 35.5. The molecule has 0 aromatic heterocycles. The van der Waals surface area contributed by atoms with Crippen molar-refractivity contribution in [1.82, 2.24) is 4.90 Å². The number of rotatable bonds is 6. The molecule has 1 aliphatic rings. The predicted molar refractivity (Wildman–Crippen MR) is 86.5 cm³/mol. The maximum Gasteiger partial charge on any atom is 0.293 e. The van der Waals surface area contributed by atoms with E-state index in [9.17, 15) is 10.1 Å². The Labute approximate surface area is 134 Å². The van der Waals surface area contributed by atoms with Gasteiger partial charge in [-0.25, -0.2) is 0 Å². The molecule has 1 N–H and O–H groups in total. The Kier molecular flexibility index (Phi) is 5.67. The van der Waals surface area contributed by atoms with Crippen LogP contribution in [-0.2, 0) is 0 Å². The van der Waals surface area contributed by atoms with Crippen molar-refractivity contribution in [3.8, 4) is 0 Å². The predicted octanol–water partition coefficient (Wildman–Crippen LogP) is 4.19. The standard InChI is InChI=1S/C14H19Cl2N3O2/c1-18(10-4-2-3-5-10)7-6-17-13-8-11(15)12(16)9-14(13)19(20)21/h8-10,17H,2-7H2,1H3. The van der Waals surface area contributed by atoms with E-state index in [1.165, 1.54) is 37.8 Å². The van der Waals surface area contributed by atoms with E-state index in [0.717, 1.165) is 6.54 Å². The average molecular weight is 332 g/mol. The molecule has 0 amide bonds. The Hall–Kier alpha value is -1.04. The first-order valence-corrected chi connectivity index (χ1v) is 7.82. The van der Waals surface area contributed by atoms with Gasteiger partial charge < -0.3 is 10.2 Å². The molecule has 0 bridgehead atoms. The Balaban J connectivity index is 1.96. The number of nitrogens with one attached hydrogen (secondary N) is 1. The summed E-state index contributed by atoms with van der Waals surface area (Å²) in [5.41, 5.74) is 0.363. The van der Waals surface area contributed by atoms with E-state index in [4.69, 9.17) is 23.2 Å². The first-order valence-electron chi connectivity index (χ1n) is 7.06. The summed E-state index contributed by atoms with van der Waals surface area (Å²) >= 11 is 11.8. The molecule has 0 atom stereocenters. The van der Waals surface area contributed by atoms with Gasteiger partial charge in [-0.05, 0) is 26.0 Å². The molecule has 0 radical (unpaired) electrons. The minimum absolute atomic E-state index is 0.0482. The van der Waals surface area contributed by atoms with Crippen LogP contribution in [0.15, 0.2) is 12.1 Å². The molecule has 0 unspecified atom stereocenters. The van der Waals surface area contributed by atoms with Gasteiger partial charge in [-0.2, -0.15) is 0 Å². The van der Waals surface area contributed by atoms with E-state index in [1.807, 2.05) is 0 Å². The summed E-state index contributed by atoms with van der Waals surface area (Å²) in [7, 11) is 2.10. The number of likely N-dealkylation sites (N-methyl/N-ethyl adjacent to an activating group) is 1.